The molecule has 1 saturated heterocycles. The molecule has 9 rings (SSSR count). The van der Waals surface area contributed by atoms with Crippen molar-refractivity contribution in [2.45, 2.75) is 117 Å². The number of nitrogens with zero attached hydrogens (tertiary/aromatic N) is 9. The lowest BCUT2D eigenvalue weighted by Gasteiger charge is -2.35. The Balaban J connectivity index is 0.799. The van der Waals surface area contributed by atoms with Crippen molar-refractivity contribution in [3.05, 3.63) is 134 Å². The van der Waals surface area contributed by atoms with Crippen molar-refractivity contribution in [2.75, 3.05) is 12.8 Å². The summed E-state index contributed by atoms with van der Waals surface area (Å²) in [5.74, 6) is 0.880. The number of amides is 3. The number of carbonyl (C=O) groups excluding carboxylic acids is 3. The number of carbonyl (C=O) groups is 3. The second-order valence-electron chi connectivity index (χ2n) is 19.4. The summed E-state index contributed by atoms with van der Waals surface area (Å²) in [7, 11) is 0. The van der Waals surface area contributed by atoms with Crippen molar-refractivity contribution in [1.82, 2.24) is 45.1 Å². The number of aliphatic hydroxyl groups excluding tert-OH is 1. The van der Waals surface area contributed by atoms with Gasteiger partial charge < -0.3 is 25.4 Å². The molecule has 2 fully saturated rings. The van der Waals surface area contributed by atoms with Crippen LogP contribution in [0.4, 0.5) is 0 Å². The van der Waals surface area contributed by atoms with Gasteiger partial charge in [0, 0.05) is 87.4 Å². The minimum atomic E-state index is -0.847. The summed E-state index contributed by atoms with van der Waals surface area (Å²) in [6, 6.07) is 16.7. The van der Waals surface area contributed by atoms with Crippen LogP contribution in [0.3, 0.4) is 0 Å². The van der Waals surface area contributed by atoms with Gasteiger partial charge >= 0.3 is 0 Å². The molecule has 0 radical (unpaired) electrons. The largest absolute Gasteiger partial charge is 0.474 e. The molecule has 3 aliphatic rings. The Morgan fingerprint density at radius 2 is 1.70 bits per heavy atom. The van der Waals surface area contributed by atoms with Crippen molar-refractivity contribution >= 4 is 69.8 Å². The zero-order valence-electron chi connectivity index (χ0n) is 42.2. The van der Waals surface area contributed by atoms with Crippen molar-refractivity contribution in [1.29, 1.82) is 0 Å². The topological polar surface area (TPSA) is 194 Å². The number of thioether (sulfide) groups is 1. The molecule has 2 aromatic carbocycles. The van der Waals surface area contributed by atoms with E-state index >= 15 is 0 Å². The number of halogens is 1. The molecule has 5 atom stereocenters. The highest BCUT2D eigenvalue weighted by molar-refractivity contribution is 8.07. The number of likely N-dealkylation sites (tertiary alicyclic amines) is 1. The van der Waals surface area contributed by atoms with Gasteiger partial charge in [-0.05, 0) is 88.4 Å². The highest BCUT2D eigenvalue weighted by Gasteiger charge is 2.43. The molecule has 4 aromatic heterocycles. The number of hydrogen-bond donors (Lipinski definition) is 3. The zero-order valence-corrected chi connectivity index (χ0v) is 44.6. The Bertz CT molecular complexity index is 3100. The molecule has 16 nitrogen and oxygen atoms in total. The van der Waals surface area contributed by atoms with Gasteiger partial charge in [-0.1, -0.05) is 61.8 Å². The fourth-order valence-corrected chi connectivity index (χ4v) is 11.9. The molecule has 6 aromatic rings. The number of ether oxygens (including phenoxy) is 1. The molecule has 380 valence electrons. The quantitative estimate of drug-likeness (QED) is 0.0788. The van der Waals surface area contributed by atoms with Crippen LogP contribution in [0.5, 0.6) is 5.88 Å². The van der Waals surface area contributed by atoms with Crippen molar-refractivity contribution in [3.63, 3.8) is 0 Å². The van der Waals surface area contributed by atoms with Gasteiger partial charge in [-0.2, -0.15) is 5.10 Å². The van der Waals surface area contributed by atoms with Crippen molar-refractivity contribution < 1.29 is 24.2 Å². The average Bonchev–Trinajstić information content (AvgIpc) is 4.14. The lowest BCUT2D eigenvalue weighted by Crippen LogP contribution is -2.49. The van der Waals surface area contributed by atoms with Crippen LogP contribution in [0.25, 0.3) is 21.0 Å². The molecule has 6 heterocycles. The molecule has 19 heteroatoms. The fourth-order valence-electron chi connectivity index (χ4n) is 9.85. The molecule has 0 spiro atoms. The number of rotatable bonds is 16. The number of aliphatic imine (C=N–C) groups is 2. The summed E-state index contributed by atoms with van der Waals surface area (Å²) in [6.45, 7) is 17.5. The standard InChI is InChI=1S/C54H60ClN11O5S2/c1-28(2)49(53(70)64-27-41(67)22-44(64)52(69)59-30(4)34-10-12-36(13-11-34)50(72-9)31(5)56-8)65-26-38(25-58-65)37-16-19-46(57-24-37)71-42-20-40(21-42)60-45(68)23-43-51-63-62-33(7)66(51)54-47(29(3)32(6)73-54)48(61-43)35-14-17-39(55)18-15-35/h10-19,24-26,28,30,40-44,49,67H,8,20-23,27H2,1-7,9H3,(H,59,69)(H,60,68)/b50-31-/t30-,40-,41+,42-,43-,44-,49-/m0/s1. The minimum Gasteiger partial charge on any atom is -0.474 e. The van der Waals surface area contributed by atoms with Crippen LogP contribution in [0, 0.1) is 26.7 Å². The maximum Gasteiger partial charge on any atom is 0.248 e. The highest BCUT2D eigenvalue weighted by atomic mass is 35.5. The van der Waals surface area contributed by atoms with Crippen LogP contribution in [-0.4, -0.2) is 107 Å². The first-order valence-electron chi connectivity index (χ1n) is 24.5. The van der Waals surface area contributed by atoms with E-state index in [9.17, 15) is 19.5 Å². The number of aryl methyl sites for hydroxylation is 2. The minimum absolute atomic E-state index is 0.0421. The van der Waals surface area contributed by atoms with E-state index in [1.165, 1.54) is 9.78 Å². The molecule has 2 aliphatic heterocycles. The number of allylic oxidation sites excluding steroid dienone is 1. The average molecular weight is 1040 g/mol. The van der Waals surface area contributed by atoms with Gasteiger partial charge in [0.05, 0.1) is 36.2 Å². The lowest BCUT2D eigenvalue weighted by atomic mass is 9.89. The van der Waals surface area contributed by atoms with Gasteiger partial charge in [-0.25, -0.2) is 4.98 Å². The number of benzene rings is 2. The Morgan fingerprint density at radius 1 is 0.973 bits per heavy atom. The monoisotopic (exact) mass is 1040 g/mol. The number of β-amino-alcohol motifs (C(OH)–C–C–N with tert-alkyl or cyclic N) is 1. The molecule has 3 amide bonds. The van der Waals surface area contributed by atoms with Gasteiger partial charge in [0.25, 0.3) is 0 Å². The number of pyridine rings is 1. The molecule has 0 bridgehead atoms. The summed E-state index contributed by atoms with van der Waals surface area (Å²) >= 11 is 9.54. The predicted octanol–water partition coefficient (Wildman–Crippen LogP) is 8.96. The zero-order chi connectivity index (χ0) is 51.8. The van der Waals surface area contributed by atoms with Gasteiger partial charge in [-0.3, -0.25) is 33.6 Å². The van der Waals surface area contributed by atoms with Gasteiger partial charge in [0.1, 0.15) is 35.1 Å². The Labute approximate surface area is 438 Å². The first-order valence-corrected chi connectivity index (χ1v) is 26.9. The SMILES string of the molecule is C=N/C(C)=C(\SC)c1ccc([C@H](C)NC(=O)[C@@H]2C[C@@H](O)CN2C(=O)[C@H](C(C)C)n2cc(-c3ccc(O[C@H]4C[C@H](NC(=O)C[C@@H]5N=C(c6ccc(Cl)cc6)c6c(sc(C)c6C)-n6c(C)nnc65)C4)nc3)cn2)cc1. The number of fused-ring (bicyclic) bond motifs is 3. The Kier molecular flexibility index (Phi) is 15.2. The molecular weight excluding hydrogens is 982 g/mol. The van der Waals surface area contributed by atoms with Gasteiger partial charge in [0.2, 0.25) is 23.6 Å². The van der Waals surface area contributed by atoms with Crippen molar-refractivity contribution in [2.24, 2.45) is 15.9 Å². The maximum absolute atomic E-state index is 14.4. The van der Waals surface area contributed by atoms with Crippen LogP contribution in [-0.2, 0) is 14.4 Å². The van der Waals surface area contributed by atoms with E-state index in [1.807, 2.05) is 106 Å². The molecule has 1 saturated carbocycles. The third-order valence-corrected chi connectivity index (χ3v) is 16.4. The normalized spacial score (nSPS) is 20.5. The van der Waals surface area contributed by atoms with E-state index < -0.39 is 24.2 Å². The van der Waals surface area contributed by atoms with Crippen LogP contribution in [0.1, 0.15) is 116 Å². The van der Waals surface area contributed by atoms with E-state index in [0.717, 1.165) is 66.1 Å². The number of aromatic nitrogens is 6. The number of nitrogens with one attached hydrogen (secondary N) is 2. The van der Waals surface area contributed by atoms with E-state index in [-0.39, 0.29) is 61.2 Å². The smallest absolute Gasteiger partial charge is 0.248 e. The van der Waals surface area contributed by atoms with Crippen LogP contribution >= 0.6 is 34.7 Å². The summed E-state index contributed by atoms with van der Waals surface area (Å²) in [5, 5.41) is 32.2. The Morgan fingerprint density at radius 3 is 2.37 bits per heavy atom. The predicted molar refractivity (Wildman–Crippen MR) is 288 cm³/mol. The van der Waals surface area contributed by atoms with Crippen LogP contribution in [0.15, 0.2) is 94.9 Å². The third kappa shape index (κ3) is 10.7. The van der Waals surface area contributed by atoms with Crippen LogP contribution < -0.4 is 15.4 Å². The summed E-state index contributed by atoms with van der Waals surface area (Å²) < 4.78 is 9.90. The first kappa shape index (κ1) is 51.4. The second-order valence-corrected chi connectivity index (χ2v) is 21.8. The number of aliphatic hydroxyl groups is 1. The molecular formula is C54H60ClN11O5S2. The molecule has 1 aliphatic carbocycles. The van der Waals surface area contributed by atoms with E-state index in [1.54, 1.807) is 46.2 Å². The van der Waals surface area contributed by atoms with Crippen molar-refractivity contribution in [3.8, 4) is 22.0 Å². The lowest BCUT2D eigenvalue weighted by molar-refractivity contribution is -0.142. The van der Waals surface area contributed by atoms with Crippen LogP contribution in [0.2, 0.25) is 5.02 Å². The van der Waals surface area contributed by atoms with Gasteiger partial charge in [-0.15, -0.1) is 33.3 Å². The number of hydrogen-bond acceptors (Lipinski definition) is 13. The van der Waals surface area contributed by atoms with Gasteiger partial charge in [0.15, 0.2) is 5.82 Å². The first-order chi connectivity index (χ1) is 35.0. The highest BCUT2D eigenvalue weighted by Crippen LogP contribution is 2.40. The van der Waals surface area contributed by atoms with E-state index in [2.05, 4.69) is 56.5 Å². The third-order valence-electron chi connectivity index (χ3n) is 14.0. The van der Waals surface area contributed by atoms with E-state index in [4.69, 9.17) is 21.3 Å². The maximum atomic E-state index is 14.4. The number of thiophene rings is 1. The second kappa shape index (κ2) is 21.5. The van der Waals surface area contributed by atoms with E-state index in [0.29, 0.717) is 29.6 Å². The summed E-state index contributed by atoms with van der Waals surface area (Å²) in [5.41, 5.74) is 8.14. The molecule has 73 heavy (non-hydrogen) atoms. The molecule has 3 N–H and O–H groups in total. The molecule has 0 unspecified atom stereocenters. The summed E-state index contributed by atoms with van der Waals surface area (Å²) in [6.07, 6.45) is 7.70. The summed E-state index contributed by atoms with van der Waals surface area (Å²) in [4.78, 5) is 59.5. The fraction of sp³-hybridized carbons (Fsp3) is 0.389. The Hall–Kier alpha value is -6.47.